The van der Waals surface area contributed by atoms with E-state index in [9.17, 15) is 24.5 Å². The average molecular weight is 645 g/mol. The first kappa shape index (κ1) is 33.6. The average Bonchev–Trinajstić information content (AvgIpc) is 3.06. The molecule has 12 heteroatoms. The lowest BCUT2D eigenvalue weighted by molar-refractivity contribution is -0.385. The number of nitro benzene ring substituents is 1. The Morgan fingerprint density at radius 1 is 0.913 bits per heavy atom. The molecule has 0 aliphatic carbocycles. The molecule has 2 N–H and O–H groups in total. The molecule has 0 aromatic heterocycles. The molecule has 4 rings (SSSR count). The van der Waals surface area contributed by atoms with Gasteiger partial charge < -0.3 is 24.6 Å². The van der Waals surface area contributed by atoms with Crippen molar-refractivity contribution in [2.75, 3.05) is 20.8 Å². The van der Waals surface area contributed by atoms with Crippen molar-refractivity contribution in [2.45, 2.75) is 25.8 Å². The van der Waals surface area contributed by atoms with E-state index in [4.69, 9.17) is 19.3 Å². The molecule has 0 saturated carbocycles. The first-order valence-electron chi connectivity index (χ1n) is 14.3. The third-order valence-electron chi connectivity index (χ3n) is 7.05. The van der Waals surface area contributed by atoms with Crippen molar-refractivity contribution in [1.82, 2.24) is 5.32 Å². The van der Waals surface area contributed by atoms with E-state index < -0.39 is 36.7 Å². The lowest BCUT2D eigenvalue weighted by atomic mass is 10.0. The van der Waals surface area contributed by atoms with E-state index >= 15 is 0 Å². The molecule has 1 atom stereocenters. The van der Waals surface area contributed by atoms with Crippen LogP contribution in [-0.4, -0.2) is 48.7 Å². The van der Waals surface area contributed by atoms with Crippen LogP contribution in [0.5, 0.6) is 11.5 Å². The van der Waals surface area contributed by atoms with Crippen molar-refractivity contribution < 1.29 is 38.6 Å². The van der Waals surface area contributed by atoms with Gasteiger partial charge in [-0.25, -0.2) is 4.79 Å². The number of hydrogen-bond acceptors (Lipinski definition) is 8. The number of rotatable bonds is 14. The van der Waals surface area contributed by atoms with Gasteiger partial charge in [0.1, 0.15) is 0 Å². The van der Waals surface area contributed by atoms with Gasteiger partial charge in [-0.15, -0.1) is 0 Å². The zero-order valence-corrected chi connectivity index (χ0v) is 26.4. The molecule has 1 amide bonds. The van der Waals surface area contributed by atoms with Crippen LogP contribution in [0, 0.1) is 10.1 Å². The van der Waals surface area contributed by atoms with Gasteiger partial charge in [0.05, 0.1) is 49.0 Å². The van der Waals surface area contributed by atoms with E-state index in [1.165, 1.54) is 32.4 Å². The molecule has 11 nitrogen and oxygen atoms in total. The quantitative estimate of drug-likeness (QED) is 0.0643. The molecule has 0 spiro atoms. The van der Waals surface area contributed by atoms with E-state index in [1.54, 1.807) is 19.1 Å². The van der Waals surface area contributed by atoms with Crippen LogP contribution in [0.4, 0.5) is 5.69 Å². The molecule has 0 bridgehead atoms. The van der Waals surface area contributed by atoms with Crippen LogP contribution in [0.3, 0.4) is 0 Å². The number of carboxylic acids is 1. The highest BCUT2D eigenvalue weighted by atomic mass is 31.1. The van der Waals surface area contributed by atoms with Gasteiger partial charge in [-0.05, 0) is 56.1 Å². The number of benzene rings is 4. The van der Waals surface area contributed by atoms with Crippen LogP contribution < -0.4 is 30.7 Å². The van der Waals surface area contributed by atoms with Gasteiger partial charge in [0.2, 0.25) is 0 Å². The second-order valence-electron chi connectivity index (χ2n) is 10.1. The minimum atomic E-state index is -1.28. The Labute approximate surface area is 267 Å². The highest BCUT2D eigenvalue weighted by Crippen LogP contribution is 2.38. The van der Waals surface area contributed by atoms with E-state index in [2.05, 4.69) is 5.32 Å². The normalized spacial score (nSPS) is 11.4. The molecule has 0 aliphatic rings. The van der Waals surface area contributed by atoms with E-state index in [1.807, 2.05) is 60.7 Å². The number of nitro groups is 1. The topological polar surface area (TPSA) is 154 Å². The zero-order valence-electron chi connectivity index (χ0n) is 25.5. The summed E-state index contributed by atoms with van der Waals surface area (Å²) >= 11 is 0. The summed E-state index contributed by atoms with van der Waals surface area (Å²) in [6.07, 6.45) is 0.0838. The molecular weight excluding hydrogens is 611 g/mol. The van der Waals surface area contributed by atoms with Crippen LogP contribution in [0.15, 0.2) is 91.0 Å². The van der Waals surface area contributed by atoms with Crippen molar-refractivity contribution >= 4 is 47.4 Å². The predicted octanol–water partition coefficient (Wildman–Crippen LogP) is 4.88. The summed E-state index contributed by atoms with van der Waals surface area (Å²) in [5.74, 6) is -1.75. The van der Waals surface area contributed by atoms with E-state index in [0.29, 0.717) is 10.9 Å². The van der Waals surface area contributed by atoms with E-state index in [-0.39, 0.29) is 47.8 Å². The maximum atomic E-state index is 13.7. The monoisotopic (exact) mass is 644 g/mol. The molecule has 238 valence electrons. The molecule has 0 heterocycles. The third kappa shape index (κ3) is 8.05. The summed E-state index contributed by atoms with van der Waals surface area (Å²) in [7, 11) is 1.40. The fourth-order valence-corrected chi connectivity index (χ4v) is 7.30. The second kappa shape index (κ2) is 15.6. The SMILES string of the molecule is COC(=O)c1ccc(C(=O)NC(C)c2cc(OC)c(OCCCC(=O)O)cc2[N+](=O)[O-])cc1P(c1ccccc1)c1ccccc1. The summed E-state index contributed by atoms with van der Waals surface area (Å²) in [6.45, 7) is 1.63. The summed E-state index contributed by atoms with van der Waals surface area (Å²) in [5, 5.41) is 26.3. The number of aliphatic carboxylic acids is 1. The Morgan fingerprint density at radius 2 is 1.54 bits per heavy atom. The molecule has 0 aliphatic heterocycles. The number of nitrogens with one attached hydrogen (secondary N) is 1. The Bertz CT molecular complexity index is 1680. The molecule has 0 radical (unpaired) electrons. The number of ether oxygens (including phenoxy) is 3. The lowest BCUT2D eigenvalue weighted by Crippen LogP contribution is -2.30. The van der Waals surface area contributed by atoms with Crippen molar-refractivity contribution in [1.29, 1.82) is 0 Å². The molecule has 4 aromatic carbocycles. The number of esters is 1. The largest absolute Gasteiger partial charge is 0.493 e. The smallest absolute Gasteiger partial charge is 0.338 e. The number of carbonyl (C=O) groups excluding carboxylic acids is 2. The predicted molar refractivity (Wildman–Crippen MR) is 174 cm³/mol. The Hall–Kier alpha value is -5.28. The Morgan fingerprint density at radius 3 is 2.09 bits per heavy atom. The lowest BCUT2D eigenvalue weighted by Gasteiger charge is -2.23. The number of hydrogen-bond donors (Lipinski definition) is 2. The van der Waals surface area contributed by atoms with Gasteiger partial charge >= 0.3 is 11.9 Å². The van der Waals surface area contributed by atoms with Crippen molar-refractivity contribution in [3.8, 4) is 11.5 Å². The van der Waals surface area contributed by atoms with Crippen molar-refractivity contribution in [3.63, 3.8) is 0 Å². The van der Waals surface area contributed by atoms with Crippen molar-refractivity contribution in [3.05, 3.63) is 118 Å². The van der Waals surface area contributed by atoms with Gasteiger partial charge in [-0.1, -0.05) is 60.7 Å². The summed E-state index contributed by atoms with van der Waals surface area (Å²) < 4.78 is 16.1. The number of carboxylic acid groups (broad SMARTS) is 1. The van der Waals surface area contributed by atoms with Crippen LogP contribution >= 0.6 is 7.92 Å². The minimum absolute atomic E-state index is 0.0177. The number of carbonyl (C=O) groups is 3. The Balaban J connectivity index is 1.70. The van der Waals surface area contributed by atoms with Crippen molar-refractivity contribution in [2.24, 2.45) is 0 Å². The fourth-order valence-electron chi connectivity index (χ4n) is 4.83. The molecule has 4 aromatic rings. The molecule has 0 saturated heterocycles. The number of nitrogens with zero attached hydrogens (tertiary/aromatic N) is 1. The summed E-state index contributed by atoms with van der Waals surface area (Å²) in [5.41, 5.74) is 0.447. The van der Waals surface area contributed by atoms with Gasteiger partial charge in [0.15, 0.2) is 11.5 Å². The maximum absolute atomic E-state index is 13.7. The van der Waals surface area contributed by atoms with Gasteiger partial charge in [-0.3, -0.25) is 19.7 Å². The van der Waals surface area contributed by atoms with E-state index in [0.717, 1.165) is 10.6 Å². The fraction of sp³-hybridized carbons (Fsp3) is 0.206. The van der Waals surface area contributed by atoms with Gasteiger partial charge in [-0.2, -0.15) is 0 Å². The minimum Gasteiger partial charge on any atom is -0.493 e. The maximum Gasteiger partial charge on any atom is 0.338 e. The number of methoxy groups -OCH3 is 2. The molecule has 0 fully saturated rings. The first-order chi connectivity index (χ1) is 22.1. The standard InChI is InChI=1S/C34H33N2O9P/c1-22(27-20-29(43-2)30(21-28(27)36(41)42)45-18-10-15-32(37)38)35-33(39)23-16-17-26(34(40)44-3)31(19-23)46(24-11-6-4-7-12-24)25-13-8-5-9-14-25/h4-9,11-14,16-17,19-22H,10,15,18H2,1-3H3,(H,35,39)(H,37,38). The first-order valence-corrected chi connectivity index (χ1v) is 15.6. The zero-order chi connectivity index (χ0) is 33.2. The molecule has 1 unspecified atom stereocenters. The van der Waals surface area contributed by atoms with Crippen LogP contribution in [-0.2, 0) is 9.53 Å². The molecular formula is C34H33N2O9P. The van der Waals surface area contributed by atoms with Crippen LogP contribution in [0.25, 0.3) is 0 Å². The Kier molecular flexibility index (Phi) is 11.4. The number of amides is 1. The highest BCUT2D eigenvalue weighted by molar-refractivity contribution is 7.80. The highest BCUT2D eigenvalue weighted by Gasteiger charge is 2.27. The summed E-state index contributed by atoms with van der Waals surface area (Å²) in [4.78, 5) is 48.9. The third-order valence-corrected chi connectivity index (χ3v) is 9.53. The second-order valence-corrected chi connectivity index (χ2v) is 12.3. The van der Waals surface area contributed by atoms with Crippen LogP contribution in [0.2, 0.25) is 0 Å². The van der Waals surface area contributed by atoms with Gasteiger partial charge in [0, 0.05) is 17.3 Å². The van der Waals surface area contributed by atoms with Crippen LogP contribution in [0.1, 0.15) is 52.1 Å². The molecule has 46 heavy (non-hydrogen) atoms. The van der Waals surface area contributed by atoms with Gasteiger partial charge in [0.25, 0.3) is 11.6 Å². The summed E-state index contributed by atoms with van der Waals surface area (Å²) in [6, 6.07) is 25.9.